The van der Waals surface area contributed by atoms with Gasteiger partial charge < -0.3 is 0 Å². The second-order valence-electron chi connectivity index (χ2n) is 3.69. The summed E-state index contributed by atoms with van der Waals surface area (Å²) >= 11 is 0. The monoisotopic (exact) mass is 221 g/mol. The molecular formula is C9H15N7. The van der Waals surface area contributed by atoms with Crippen LogP contribution in [0.25, 0.3) is 0 Å². The van der Waals surface area contributed by atoms with Gasteiger partial charge in [-0.2, -0.15) is 5.10 Å². The summed E-state index contributed by atoms with van der Waals surface area (Å²) in [7, 11) is 3.73. The van der Waals surface area contributed by atoms with Crippen molar-refractivity contribution < 1.29 is 0 Å². The van der Waals surface area contributed by atoms with Gasteiger partial charge in [0.1, 0.15) is 0 Å². The number of nitrogens with two attached hydrogens (primary N) is 1. The minimum Gasteiger partial charge on any atom is -0.273 e. The van der Waals surface area contributed by atoms with Gasteiger partial charge in [0, 0.05) is 25.4 Å². The van der Waals surface area contributed by atoms with Crippen molar-refractivity contribution in [3.8, 4) is 0 Å². The lowest BCUT2D eigenvalue weighted by Gasteiger charge is -2.15. The number of aromatic nitrogens is 5. The van der Waals surface area contributed by atoms with Gasteiger partial charge in [0.25, 0.3) is 0 Å². The van der Waals surface area contributed by atoms with Crippen molar-refractivity contribution in [1.29, 1.82) is 0 Å². The number of hydrogen-bond donors (Lipinski definition) is 2. The number of nitrogens with one attached hydrogen (secondary N) is 1. The van der Waals surface area contributed by atoms with Crippen LogP contribution in [0.5, 0.6) is 0 Å². The minimum atomic E-state index is -0.145. The molecule has 3 N–H and O–H groups in total. The number of aryl methyl sites for hydroxylation is 2. The third kappa shape index (κ3) is 1.59. The van der Waals surface area contributed by atoms with Gasteiger partial charge in [-0.3, -0.25) is 15.2 Å². The smallest absolute Gasteiger partial charge is 0.0927 e. The van der Waals surface area contributed by atoms with Crippen LogP contribution in [0.2, 0.25) is 0 Å². The highest BCUT2D eigenvalue weighted by atomic mass is 15.4. The highest BCUT2D eigenvalue weighted by molar-refractivity contribution is 5.27. The van der Waals surface area contributed by atoms with Crippen LogP contribution in [0, 0.1) is 6.92 Å². The molecule has 1 unspecified atom stereocenters. The predicted octanol–water partition coefficient (Wildman–Crippen LogP) is -0.590. The zero-order chi connectivity index (χ0) is 11.7. The molecule has 2 rings (SSSR count). The Morgan fingerprint density at radius 1 is 1.31 bits per heavy atom. The molecule has 0 aliphatic carbocycles. The van der Waals surface area contributed by atoms with Gasteiger partial charge in [-0.1, -0.05) is 5.21 Å². The normalized spacial score (nSPS) is 13.0. The van der Waals surface area contributed by atoms with Crippen molar-refractivity contribution >= 4 is 0 Å². The van der Waals surface area contributed by atoms with Crippen LogP contribution in [0.15, 0.2) is 12.4 Å². The Hall–Kier alpha value is -1.73. The third-order valence-corrected chi connectivity index (χ3v) is 2.80. The first-order chi connectivity index (χ1) is 7.65. The molecule has 2 aromatic rings. The van der Waals surface area contributed by atoms with Gasteiger partial charge in [-0.15, -0.1) is 5.10 Å². The van der Waals surface area contributed by atoms with Gasteiger partial charge in [0.15, 0.2) is 0 Å². The molecule has 0 aliphatic heterocycles. The second kappa shape index (κ2) is 4.03. The summed E-state index contributed by atoms with van der Waals surface area (Å²) in [4.78, 5) is 0. The molecule has 0 fully saturated rings. The summed E-state index contributed by atoms with van der Waals surface area (Å²) in [5.41, 5.74) is 5.75. The van der Waals surface area contributed by atoms with Crippen molar-refractivity contribution in [3.63, 3.8) is 0 Å². The Morgan fingerprint density at radius 2 is 2.06 bits per heavy atom. The van der Waals surface area contributed by atoms with E-state index in [1.165, 1.54) is 0 Å². The fourth-order valence-electron chi connectivity index (χ4n) is 1.69. The first kappa shape index (κ1) is 10.8. The van der Waals surface area contributed by atoms with Crippen molar-refractivity contribution in [2.75, 3.05) is 0 Å². The SMILES string of the molecule is Cc1c(C(NN)c2cnnn2C)cnn1C. The second-order valence-corrected chi connectivity index (χ2v) is 3.69. The van der Waals surface area contributed by atoms with E-state index in [4.69, 9.17) is 5.84 Å². The summed E-state index contributed by atoms with van der Waals surface area (Å²) in [6.45, 7) is 2.00. The number of hydrazine groups is 1. The zero-order valence-corrected chi connectivity index (χ0v) is 9.55. The molecule has 7 heteroatoms. The van der Waals surface area contributed by atoms with Crippen LogP contribution in [0.4, 0.5) is 0 Å². The Kier molecular flexibility index (Phi) is 2.71. The number of hydrogen-bond acceptors (Lipinski definition) is 5. The van der Waals surface area contributed by atoms with Crippen molar-refractivity contribution in [2.24, 2.45) is 19.9 Å². The van der Waals surface area contributed by atoms with Gasteiger partial charge in [-0.25, -0.2) is 5.43 Å². The number of rotatable bonds is 3. The Bertz CT molecular complexity index is 484. The van der Waals surface area contributed by atoms with Gasteiger partial charge in [0.2, 0.25) is 0 Å². The highest BCUT2D eigenvalue weighted by Crippen LogP contribution is 2.22. The van der Waals surface area contributed by atoms with Gasteiger partial charge >= 0.3 is 0 Å². The Morgan fingerprint density at radius 3 is 2.50 bits per heavy atom. The van der Waals surface area contributed by atoms with E-state index >= 15 is 0 Å². The Balaban J connectivity index is 2.45. The van der Waals surface area contributed by atoms with Crippen LogP contribution in [-0.4, -0.2) is 24.8 Å². The van der Waals surface area contributed by atoms with E-state index in [-0.39, 0.29) is 6.04 Å². The maximum absolute atomic E-state index is 5.59. The topological polar surface area (TPSA) is 86.6 Å². The van der Waals surface area contributed by atoms with Gasteiger partial charge in [0.05, 0.1) is 24.1 Å². The fourth-order valence-corrected chi connectivity index (χ4v) is 1.69. The molecule has 0 bridgehead atoms. The quantitative estimate of drug-likeness (QED) is 0.534. The maximum Gasteiger partial charge on any atom is 0.0927 e. The van der Waals surface area contributed by atoms with Crippen LogP contribution in [0.1, 0.15) is 23.0 Å². The highest BCUT2D eigenvalue weighted by Gasteiger charge is 2.20. The van der Waals surface area contributed by atoms with E-state index < -0.39 is 0 Å². The lowest BCUT2D eigenvalue weighted by Crippen LogP contribution is -2.30. The van der Waals surface area contributed by atoms with Crippen LogP contribution >= 0.6 is 0 Å². The molecule has 2 aromatic heterocycles. The summed E-state index contributed by atoms with van der Waals surface area (Å²) in [5.74, 6) is 5.59. The van der Waals surface area contributed by atoms with Crippen LogP contribution in [0.3, 0.4) is 0 Å². The standard InChI is InChI=1S/C9H15N7/c1-6-7(4-12-15(6)2)9(13-10)8-5-11-14-16(8)3/h4-5,9,13H,10H2,1-3H3. The van der Waals surface area contributed by atoms with Crippen LogP contribution in [-0.2, 0) is 14.1 Å². The lowest BCUT2D eigenvalue weighted by molar-refractivity contribution is 0.567. The van der Waals surface area contributed by atoms with Gasteiger partial charge in [-0.05, 0) is 6.92 Å². The van der Waals surface area contributed by atoms with Crippen molar-refractivity contribution in [2.45, 2.75) is 13.0 Å². The minimum absolute atomic E-state index is 0.145. The molecule has 86 valence electrons. The molecule has 0 saturated heterocycles. The number of nitrogens with zero attached hydrogens (tertiary/aromatic N) is 5. The lowest BCUT2D eigenvalue weighted by atomic mass is 10.1. The van der Waals surface area contributed by atoms with E-state index in [0.29, 0.717) is 0 Å². The summed E-state index contributed by atoms with van der Waals surface area (Å²) in [6, 6.07) is -0.145. The molecular weight excluding hydrogens is 206 g/mol. The molecule has 0 aromatic carbocycles. The van der Waals surface area contributed by atoms with E-state index in [0.717, 1.165) is 17.0 Å². The summed E-state index contributed by atoms with van der Waals surface area (Å²) in [6.07, 6.45) is 3.49. The largest absolute Gasteiger partial charge is 0.273 e. The predicted molar refractivity (Wildman–Crippen MR) is 58.1 cm³/mol. The summed E-state index contributed by atoms with van der Waals surface area (Å²) < 4.78 is 3.50. The zero-order valence-electron chi connectivity index (χ0n) is 9.55. The molecule has 16 heavy (non-hydrogen) atoms. The van der Waals surface area contributed by atoms with Crippen molar-refractivity contribution in [3.05, 3.63) is 29.3 Å². The average Bonchev–Trinajstić information content (AvgIpc) is 2.81. The molecule has 0 saturated carbocycles. The molecule has 1 atom stereocenters. The van der Waals surface area contributed by atoms with E-state index in [9.17, 15) is 0 Å². The average molecular weight is 221 g/mol. The molecule has 0 radical (unpaired) electrons. The Labute approximate surface area is 93.2 Å². The fraction of sp³-hybridized carbons (Fsp3) is 0.444. The molecule has 0 spiro atoms. The molecule has 0 aliphatic rings. The molecule has 2 heterocycles. The van der Waals surface area contributed by atoms with E-state index in [1.807, 2.05) is 25.7 Å². The van der Waals surface area contributed by atoms with E-state index in [1.54, 1.807) is 17.1 Å². The first-order valence-corrected chi connectivity index (χ1v) is 4.94. The summed E-state index contributed by atoms with van der Waals surface area (Å²) in [5, 5.41) is 11.9. The molecule has 7 nitrogen and oxygen atoms in total. The van der Waals surface area contributed by atoms with Crippen LogP contribution < -0.4 is 11.3 Å². The molecule has 0 amide bonds. The van der Waals surface area contributed by atoms with Crippen molar-refractivity contribution in [1.82, 2.24) is 30.2 Å². The first-order valence-electron chi connectivity index (χ1n) is 4.94. The van der Waals surface area contributed by atoms with E-state index in [2.05, 4.69) is 20.8 Å². The third-order valence-electron chi connectivity index (χ3n) is 2.80. The maximum atomic E-state index is 5.59.